The van der Waals surface area contributed by atoms with Gasteiger partial charge in [0.05, 0.1) is 17.1 Å². The number of fused-ring (bicyclic) bond motifs is 1. The maximum Gasteiger partial charge on any atom is 0.261 e. The zero-order valence-corrected chi connectivity index (χ0v) is 14.6. The van der Waals surface area contributed by atoms with Crippen molar-refractivity contribution in [3.05, 3.63) is 39.0 Å². The number of rotatable bonds is 5. The second kappa shape index (κ2) is 6.22. The fraction of sp³-hybridized carbons (Fsp3) is 0.375. The monoisotopic (exact) mass is 333 g/mol. The maximum absolute atomic E-state index is 12.3. The number of aromatic nitrogens is 2. The molecule has 0 saturated heterocycles. The van der Waals surface area contributed by atoms with Crippen LogP contribution in [-0.2, 0) is 13.1 Å². The van der Waals surface area contributed by atoms with Gasteiger partial charge in [-0.05, 0) is 30.4 Å². The molecule has 0 aliphatic heterocycles. The van der Waals surface area contributed by atoms with Gasteiger partial charge < -0.3 is 5.32 Å². The van der Waals surface area contributed by atoms with Gasteiger partial charge in [-0.25, -0.2) is 0 Å². The number of hydrogen-bond donors (Lipinski definition) is 1. The average Bonchev–Trinajstić information content (AvgIpc) is 3.16. The molecule has 0 aromatic carbocycles. The number of carbonyl (C=O) groups is 1. The first-order chi connectivity index (χ1) is 10.5. The predicted molar refractivity (Wildman–Crippen MR) is 92.7 cm³/mol. The van der Waals surface area contributed by atoms with Crippen molar-refractivity contribution in [2.24, 2.45) is 5.92 Å². The van der Waals surface area contributed by atoms with Gasteiger partial charge in [0.25, 0.3) is 5.91 Å². The van der Waals surface area contributed by atoms with Gasteiger partial charge in [0.2, 0.25) is 0 Å². The molecule has 0 aliphatic carbocycles. The van der Waals surface area contributed by atoms with Crippen molar-refractivity contribution < 1.29 is 4.79 Å². The number of aryl methyl sites for hydroxylation is 1. The van der Waals surface area contributed by atoms with Crippen LogP contribution in [0.3, 0.4) is 0 Å². The molecule has 3 aromatic rings. The van der Waals surface area contributed by atoms with Crippen molar-refractivity contribution in [2.75, 3.05) is 0 Å². The highest BCUT2D eigenvalue weighted by Gasteiger charge is 2.16. The lowest BCUT2D eigenvalue weighted by Gasteiger charge is -2.05. The van der Waals surface area contributed by atoms with Gasteiger partial charge in [-0.1, -0.05) is 19.9 Å². The SMILES string of the molecule is Cc1nn(CC(C)C)c2sc(C(=O)NCc3cccs3)cc12. The lowest BCUT2D eigenvalue weighted by Crippen LogP contribution is -2.21. The van der Waals surface area contributed by atoms with Gasteiger partial charge in [-0.3, -0.25) is 9.48 Å². The first-order valence-corrected chi connectivity index (χ1v) is 9.01. The van der Waals surface area contributed by atoms with E-state index in [1.54, 1.807) is 11.3 Å². The van der Waals surface area contributed by atoms with Crippen molar-refractivity contribution in [3.63, 3.8) is 0 Å². The van der Waals surface area contributed by atoms with E-state index in [1.807, 2.05) is 35.2 Å². The van der Waals surface area contributed by atoms with E-state index in [2.05, 4.69) is 24.3 Å². The highest BCUT2D eigenvalue weighted by Crippen LogP contribution is 2.28. The van der Waals surface area contributed by atoms with Crippen LogP contribution in [0, 0.1) is 12.8 Å². The van der Waals surface area contributed by atoms with E-state index in [0.717, 1.165) is 32.2 Å². The molecule has 0 aliphatic rings. The van der Waals surface area contributed by atoms with Crippen LogP contribution in [0.1, 0.15) is 34.1 Å². The lowest BCUT2D eigenvalue weighted by molar-refractivity contribution is 0.0955. The molecule has 116 valence electrons. The van der Waals surface area contributed by atoms with Crippen LogP contribution in [0.5, 0.6) is 0 Å². The Balaban J connectivity index is 1.80. The van der Waals surface area contributed by atoms with Crippen LogP contribution in [0.25, 0.3) is 10.2 Å². The summed E-state index contributed by atoms with van der Waals surface area (Å²) in [5, 5.41) is 10.7. The van der Waals surface area contributed by atoms with Gasteiger partial charge in [0, 0.05) is 16.8 Å². The molecule has 1 amide bonds. The zero-order chi connectivity index (χ0) is 15.7. The fourth-order valence-electron chi connectivity index (χ4n) is 2.36. The average molecular weight is 333 g/mol. The summed E-state index contributed by atoms with van der Waals surface area (Å²) in [6, 6.07) is 5.99. The summed E-state index contributed by atoms with van der Waals surface area (Å²) in [4.78, 5) is 15.3. The van der Waals surface area contributed by atoms with Crippen LogP contribution < -0.4 is 5.32 Å². The minimum Gasteiger partial charge on any atom is -0.346 e. The van der Waals surface area contributed by atoms with Crippen LogP contribution in [-0.4, -0.2) is 15.7 Å². The Morgan fingerprint density at radius 2 is 2.27 bits per heavy atom. The van der Waals surface area contributed by atoms with Crippen LogP contribution in [0.4, 0.5) is 0 Å². The summed E-state index contributed by atoms with van der Waals surface area (Å²) < 4.78 is 2.02. The Bertz CT molecular complexity index is 784. The second-order valence-corrected chi connectivity index (χ2v) is 7.82. The summed E-state index contributed by atoms with van der Waals surface area (Å²) in [6.45, 7) is 7.80. The Kier molecular flexibility index (Phi) is 4.31. The highest BCUT2D eigenvalue weighted by molar-refractivity contribution is 7.20. The summed E-state index contributed by atoms with van der Waals surface area (Å²) in [5.74, 6) is 0.519. The number of nitrogens with zero attached hydrogens (tertiary/aromatic N) is 2. The van der Waals surface area contributed by atoms with Gasteiger partial charge in [-0.2, -0.15) is 5.10 Å². The quantitative estimate of drug-likeness (QED) is 0.765. The molecular weight excluding hydrogens is 314 g/mol. The number of hydrogen-bond acceptors (Lipinski definition) is 4. The van der Waals surface area contributed by atoms with Gasteiger partial charge in [0.1, 0.15) is 4.83 Å². The molecule has 3 rings (SSSR count). The van der Waals surface area contributed by atoms with Crippen molar-refractivity contribution in [3.8, 4) is 0 Å². The molecule has 0 atom stereocenters. The van der Waals surface area contributed by atoms with E-state index in [1.165, 1.54) is 11.3 Å². The summed E-state index contributed by atoms with van der Waals surface area (Å²) in [7, 11) is 0. The third-order valence-electron chi connectivity index (χ3n) is 3.37. The molecule has 0 radical (unpaired) electrons. The number of thiophene rings is 2. The Labute approximate surface area is 137 Å². The molecule has 0 bridgehead atoms. The van der Waals surface area contributed by atoms with E-state index in [-0.39, 0.29) is 5.91 Å². The van der Waals surface area contributed by atoms with E-state index in [9.17, 15) is 4.79 Å². The van der Waals surface area contributed by atoms with Crippen LogP contribution in [0.15, 0.2) is 23.6 Å². The summed E-state index contributed by atoms with van der Waals surface area (Å²) >= 11 is 3.18. The summed E-state index contributed by atoms with van der Waals surface area (Å²) in [5.41, 5.74) is 0.990. The molecule has 1 N–H and O–H groups in total. The minimum atomic E-state index is -0.00917. The smallest absolute Gasteiger partial charge is 0.261 e. The number of nitrogens with one attached hydrogen (secondary N) is 1. The first kappa shape index (κ1) is 15.2. The molecule has 0 unspecified atom stereocenters. The van der Waals surface area contributed by atoms with E-state index in [4.69, 9.17) is 0 Å². The van der Waals surface area contributed by atoms with Gasteiger partial charge >= 0.3 is 0 Å². The molecule has 4 nitrogen and oxygen atoms in total. The third-order valence-corrected chi connectivity index (χ3v) is 5.40. The highest BCUT2D eigenvalue weighted by atomic mass is 32.1. The van der Waals surface area contributed by atoms with Crippen molar-refractivity contribution in [1.29, 1.82) is 0 Å². The Morgan fingerprint density at radius 3 is 2.95 bits per heavy atom. The van der Waals surface area contributed by atoms with Crippen LogP contribution >= 0.6 is 22.7 Å². The van der Waals surface area contributed by atoms with E-state index >= 15 is 0 Å². The first-order valence-electron chi connectivity index (χ1n) is 7.32. The van der Waals surface area contributed by atoms with Crippen molar-refractivity contribution in [1.82, 2.24) is 15.1 Å². The summed E-state index contributed by atoms with van der Waals surface area (Å²) in [6.07, 6.45) is 0. The Morgan fingerprint density at radius 1 is 1.45 bits per heavy atom. The van der Waals surface area contributed by atoms with E-state index in [0.29, 0.717) is 12.5 Å². The van der Waals surface area contributed by atoms with Crippen LogP contribution in [0.2, 0.25) is 0 Å². The number of carbonyl (C=O) groups excluding carboxylic acids is 1. The molecule has 22 heavy (non-hydrogen) atoms. The molecule has 6 heteroatoms. The number of amides is 1. The predicted octanol–water partition coefficient (Wildman–Crippen LogP) is 4.05. The Hall–Kier alpha value is -1.66. The van der Waals surface area contributed by atoms with Gasteiger partial charge in [0.15, 0.2) is 0 Å². The topological polar surface area (TPSA) is 46.9 Å². The normalized spacial score (nSPS) is 11.5. The molecule has 3 heterocycles. The second-order valence-electron chi connectivity index (χ2n) is 5.75. The largest absolute Gasteiger partial charge is 0.346 e. The molecule has 0 fully saturated rings. The molecule has 3 aromatic heterocycles. The van der Waals surface area contributed by atoms with Crippen molar-refractivity contribution >= 4 is 38.8 Å². The fourth-order valence-corrected chi connectivity index (χ4v) is 4.09. The lowest BCUT2D eigenvalue weighted by atomic mass is 10.2. The maximum atomic E-state index is 12.3. The zero-order valence-electron chi connectivity index (χ0n) is 12.9. The molecular formula is C16H19N3OS2. The molecule has 0 spiro atoms. The van der Waals surface area contributed by atoms with Gasteiger partial charge in [-0.15, -0.1) is 22.7 Å². The third kappa shape index (κ3) is 3.08. The van der Waals surface area contributed by atoms with Crippen molar-refractivity contribution in [2.45, 2.75) is 33.9 Å². The molecule has 0 saturated carbocycles. The standard InChI is InChI=1S/C16H19N3OS2/c1-10(2)9-19-16-13(11(3)18-19)7-14(22-16)15(20)17-8-12-5-4-6-21-12/h4-7,10H,8-9H2,1-3H3,(H,17,20). The van der Waals surface area contributed by atoms with E-state index < -0.39 is 0 Å². The minimum absolute atomic E-state index is 0.00917.